The summed E-state index contributed by atoms with van der Waals surface area (Å²) in [7, 11) is 1.63. The van der Waals surface area contributed by atoms with Crippen LogP contribution in [0.2, 0.25) is 0 Å². The predicted molar refractivity (Wildman–Crippen MR) is 116 cm³/mol. The number of nitrogens with one attached hydrogen (secondary N) is 1. The van der Waals surface area contributed by atoms with Crippen molar-refractivity contribution < 1.29 is 19.1 Å². The second-order valence-electron chi connectivity index (χ2n) is 7.54. The van der Waals surface area contributed by atoms with Gasteiger partial charge in [0.05, 0.1) is 5.69 Å². The molecule has 1 N–H and O–H groups in total. The van der Waals surface area contributed by atoms with Gasteiger partial charge in [0.1, 0.15) is 18.2 Å². The van der Waals surface area contributed by atoms with E-state index in [0.717, 1.165) is 5.01 Å². The highest BCUT2D eigenvalue weighted by molar-refractivity contribution is 6.04. The second-order valence-corrected chi connectivity index (χ2v) is 7.54. The van der Waals surface area contributed by atoms with Crippen LogP contribution in [0.4, 0.5) is 10.5 Å². The fourth-order valence-corrected chi connectivity index (χ4v) is 3.34. The zero-order chi connectivity index (χ0) is 22.9. The molecule has 0 bridgehead atoms. The minimum atomic E-state index is -1.47. The van der Waals surface area contributed by atoms with Gasteiger partial charge in [-0.3, -0.25) is 19.6 Å². The van der Waals surface area contributed by atoms with Crippen molar-refractivity contribution in [2.24, 2.45) is 7.05 Å². The topological polar surface area (TPSA) is 103 Å². The first-order chi connectivity index (χ1) is 15.3. The lowest BCUT2D eigenvalue weighted by Crippen LogP contribution is -2.40. The Kier molecular flexibility index (Phi) is 5.40. The van der Waals surface area contributed by atoms with Crippen LogP contribution in [0.3, 0.4) is 0 Å². The van der Waals surface area contributed by atoms with E-state index in [2.05, 4.69) is 10.4 Å². The van der Waals surface area contributed by atoms with Gasteiger partial charge in [-0.15, -0.1) is 5.01 Å². The van der Waals surface area contributed by atoms with Crippen LogP contribution >= 0.6 is 0 Å². The van der Waals surface area contributed by atoms with Crippen LogP contribution in [0.5, 0.6) is 5.75 Å². The van der Waals surface area contributed by atoms with Crippen molar-refractivity contribution in [1.29, 1.82) is 0 Å². The van der Waals surface area contributed by atoms with Crippen LogP contribution in [-0.4, -0.2) is 26.6 Å². The van der Waals surface area contributed by atoms with E-state index in [0.29, 0.717) is 28.5 Å². The Morgan fingerprint density at radius 3 is 2.44 bits per heavy atom. The van der Waals surface area contributed by atoms with Crippen LogP contribution in [0.15, 0.2) is 65.5 Å². The molecular formula is C23H22N4O5. The molecule has 0 saturated carbocycles. The maximum atomic E-state index is 13.0. The Labute approximate surface area is 184 Å². The fourth-order valence-electron chi connectivity index (χ4n) is 3.34. The third kappa shape index (κ3) is 3.92. The summed E-state index contributed by atoms with van der Waals surface area (Å²) in [5, 5.41) is 0.865. The molecule has 0 spiro atoms. The number of hydrazine groups is 1. The molecule has 1 aliphatic rings. The number of amides is 2. The van der Waals surface area contributed by atoms with Crippen molar-refractivity contribution >= 4 is 17.7 Å². The van der Waals surface area contributed by atoms with Gasteiger partial charge in [-0.1, -0.05) is 30.3 Å². The van der Waals surface area contributed by atoms with E-state index in [-0.39, 0.29) is 12.2 Å². The van der Waals surface area contributed by atoms with Gasteiger partial charge in [0, 0.05) is 24.4 Å². The second kappa shape index (κ2) is 8.18. The monoisotopic (exact) mass is 434 g/mol. The lowest BCUT2D eigenvalue weighted by Gasteiger charge is -2.21. The molecule has 1 aliphatic heterocycles. The number of hydrogen-bond acceptors (Lipinski definition) is 7. The molecule has 32 heavy (non-hydrogen) atoms. The van der Waals surface area contributed by atoms with E-state index >= 15 is 0 Å². The molecule has 1 unspecified atom stereocenters. The minimum Gasteiger partial charge on any atom is -0.486 e. The number of nitrogens with zero attached hydrogens (tertiary/aromatic N) is 3. The number of aromatic nitrogens is 2. The summed E-state index contributed by atoms with van der Waals surface area (Å²) in [6.45, 7) is 3.39. The SMILES string of the molecule is Cc1cc(=O)n(C)c(COc2ccc(C3(C)OC(=O)N(Nc4ccccc4)C3=O)cc2)n1. The number of para-hydroxylation sites is 1. The summed E-state index contributed by atoms with van der Waals surface area (Å²) in [5.41, 5.74) is 2.85. The third-order valence-electron chi connectivity index (χ3n) is 5.23. The average molecular weight is 434 g/mol. The van der Waals surface area contributed by atoms with E-state index in [1.807, 2.05) is 6.07 Å². The van der Waals surface area contributed by atoms with Crippen molar-refractivity contribution in [2.45, 2.75) is 26.1 Å². The van der Waals surface area contributed by atoms with Crippen molar-refractivity contribution in [1.82, 2.24) is 14.6 Å². The molecule has 2 amide bonds. The number of rotatable bonds is 6. The van der Waals surface area contributed by atoms with E-state index in [9.17, 15) is 14.4 Å². The van der Waals surface area contributed by atoms with Crippen LogP contribution < -0.4 is 15.7 Å². The first-order valence-electron chi connectivity index (χ1n) is 9.94. The quantitative estimate of drug-likeness (QED) is 0.636. The Morgan fingerprint density at radius 1 is 1.06 bits per heavy atom. The van der Waals surface area contributed by atoms with Crippen molar-refractivity contribution in [3.8, 4) is 5.75 Å². The van der Waals surface area contributed by atoms with Crippen LogP contribution in [0.25, 0.3) is 0 Å². The van der Waals surface area contributed by atoms with Crippen LogP contribution in [0, 0.1) is 6.92 Å². The molecule has 1 fully saturated rings. The maximum absolute atomic E-state index is 13.0. The lowest BCUT2D eigenvalue weighted by molar-refractivity contribution is -0.135. The van der Waals surface area contributed by atoms with E-state index in [1.54, 1.807) is 69.4 Å². The van der Waals surface area contributed by atoms with Gasteiger partial charge < -0.3 is 9.47 Å². The van der Waals surface area contributed by atoms with Gasteiger partial charge in [0.25, 0.3) is 11.5 Å². The molecule has 1 saturated heterocycles. The average Bonchev–Trinajstić information content (AvgIpc) is 3.00. The summed E-state index contributed by atoms with van der Waals surface area (Å²) in [5.74, 6) is 0.483. The summed E-state index contributed by atoms with van der Waals surface area (Å²) in [6.07, 6.45) is -0.784. The Hall–Kier alpha value is -4.14. The molecule has 1 aromatic heterocycles. The fraction of sp³-hybridized carbons (Fsp3) is 0.217. The summed E-state index contributed by atoms with van der Waals surface area (Å²) in [4.78, 5) is 41.5. The molecule has 164 valence electrons. The minimum absolute atomic E-state index is 0.104. The third-order valence-corrected chi connectivity index (χ3v) is 5.23. The normalized spacial score (nSPS) is 17.9. The van der Waals surface area contributed by atoms with Crippen molar-refractivity contribution in [3.05, 3.63) is 88.1 Å². The molecule has 0 aliphatic carbocycles. The molecule has 9 nitrogen and oxygen atoms in total. The Morgan fingerprint density at radius 2 is 1.75 bits per heavy atom. The molecule has 3 aromatic rings. The number of cyclic esters (lactones) is 1. The Bertz CT molecular complexity index is 1220. The number of benzene rings is 2. The molecular weight excluding hydrogens is 412 g/mol. The van der Waals surface area contributed by atoms with Gasteiger partial charge in [0.2, 0.25) is 5.60 Å². The first kappa shape index (κ1) is 21.1. The number of carbonyl (C=O) groups is 2. The number of ether oxygens (including phenoxy) is 2. The number of anilines is 1. The smallest absolute Gasteiger partial charge is 0.437 e. The van der Waals surface area contributed by atoms with E-state index in [4.69, 9.17) is 9.47 Å². The van der Waals surface area contributed by atoms with Crippen LogP contribution in [-0.2, 0) is 28.8 Å². The summed E-state index contributed by atoms with van der Waals surface area (Å²) >= 11 is 0. The standard InChI is InChI=1S/C23H22N4O5/c1-15-13-20(28)26(3)19(24-15)14-31-18-11-9-16(10-12-18)23(2)21(29)27(22(30)32-23)25-17-7-5-4-6-8-17/h4-13,25H,14H2,1-3H3. The zero-order valence-electron chi connectivity index (χ0n) is 17.9. The van der Waals surface area contributed by atoms with E-state index in [1.165, 1.54) is 10.6 Å². The number of imide groups is 1. The zero-order valence-corrected chi connectivity index (χ0v) is 17.9. The van der Waals surface area contributed by atoms with Crippen molar-refractivity contribution in [3.63, 3.8) is 0 Å². The van der Waals surface area contributed by atoms with Gasteiger partial charge >= 0.3 is 6.09 Å². The molecule has 1 atom stereocenters. The highest BCUT2D eigenvalue weighted by atomic mass is 16.6. The number of aryl methyl sites for hydroxylation is 1. The van der Waals surface area contributed by atoms with Gasteiger partial charge in [-0.25, -0.2) is 9.78 Å². The number of carbonyl (C=O) groups excluding carboxylic acids is 2. The maximum Gasteiger partial charge on any atom is 0.437 e. The highest BCUT2D eigenvalue weighted by Crippen LogP contribution is 2.35. The number of hydrogen-bond donors (Lipinski definition) is 1. The molecule has 2 aromatic carbocycles. The lowest BCUT2D eigenvalue weighted by atomic mass is 9.95. The Balaban J connectivity index is 1.48. The first-order valence-corrected chi connectivity index (χ1v) is 9.94. The molecule has 9 heteroatoms. The van der Waals surface area contributed by atoms with E-state index < -0.39 is 17.6 Å². The van der Waals surface area contributed by atoms with Gasteiger partial charge in [-0.05, 0) is 38.1 Å². The molecule has 2 heterocycles. The summed E-state index contributed by atoms with van der Waals surface area (Å²) < 4.78 is 12.6. The molecule has 0 radical (unpaired) electrons. The van der Waals surface area contributed by atoms with Crippen molar-refractivity contribution in [2.75, 3.05) is 5.43 Å². The predicted octanol–water partition coefficient (Wildman–Crippen LogP) is 2.89. The van der Waals surface area contributed by atoms with Gasteiger partial charge in [-0.2, -0.15) is 0 Å². The highest BCUT2D eigenvalue weighted by Gasteiger charge is 2.52. The molecule has 4 rings (SSSR count). The van der Waals surface area contributed by atoms with Crippen LogP contribution in [0.1, 0.15) is 24.0 Å². The van der Waals surface area contributed by atoms with Gasteiger partial charge in [0.15, 0.2) is 0 Å². The largest absolute Gasteiger partial charge is 0.486 e. The summed E-state index contributed by atoms with van der Waals surface area (Å²) in [6, 6.07) is 17.0.